The van der Waals surface area contributed by atoms with Gasteiger partial charge in [-0.3, -0.25) is 0 Å². The van der Waals surface area contributed by atoms with Crippen LogP contribution in [0.3, 0.4) is 0 Å². The number of alkyl halides is 6. The first-order valence-corrected chi connectivity index (χ1v) is 32.6. The molecule has 6 aromatic rings. The van der Waals surface area contributed by atoms with Gasteiger partial charge in [0.15, 0.2) is 0 Å². The number of benzene rings is 6. The summed E-state index contributed by atoms with van der Waals surface area (Å²) in [6.45, 7) is 12.6. The van der Waals surface area contributed by atoms with Gasteiger partial charge in [-0.1, -0.05) is 0 Å². The van der Waals surface area contributed by atoms with Crippen LogP contribution in [0.15, 0.2) is 139 Å². The minimum absolute atomic E-state index is 0.0684. The summed E-state index contributed by atoms with van der Waals surface area (Å²) in [5.41, 5.74) is 5.36. The molecule has 0 nitrogen and oxygen atoms in total. The third-order valence-electron chi connectivity index (χ3n) is 13.3. The molecule has 62 heavy (non-hydrogen) atoms. The van der Waals surface area contributed by atoms with Crippen LogP contribution in [0.2, 0.25) is 0 Å². The average molecular weight is 974 g/mol. The summed E-state index contributed by atoms with van der Waals surface area (Å²) in [4.78, 5) is 0. The molecule has 9 rings (SSSR count). The Labute approximate surface area is 369 Å². The summed E-state index contributed by atoms with van der Waals surface area (Å²) >= 11 is -6.27. The van der Waals surface area contributed by atoms with E-state index in [4.69, 9.17) is 0 Å². The second kappa shape index (κ2) is 14.5. The molecule has 2 atom stereocenters. The molecule has 317 valence electrons. The molecular formula is C52H45Cl2F6SiZr. The summed E-state index contributed by atoms with van der Waals surface area (Å²) in [7, 11) is 17.2. The molecule has 0 fully saturated rings. The van der Waals surface area contributed by atoms with E-state index in [-0.39, 0.29) is 11.1 Å². The van der Waals surface area contributed by atoms with Crippen molar-refractivity contribution in [1.29, 1.82) is 0 Å². The summed E-state index contributed by atoms with van der Waals surface area (Å²) in [5.74, 6) is 0. The fourth-order valence-electron chi connectivity index (χ4n) is 10.7. The fourth-order valence-corrected chi connectivity index (χ4v) is 39.1. The van der Waals surface area contributed by atoms with Gasteiger partial charge in [-0.25, -0.2) is 0 Å². The van der Waals surface area contributed by atoms with Gasteiger partial charge in [0, 0.05) is 0 Å². The van der Waals surface area contributed by atoms with E-state index in [0.29, 0.717) is 22.3 Å². The first-order chi connectivity index (χ1) is 29.0. The third-order valence-corrected chi connectivity index (χ3v) is 35.8. The molecule has 3 aliphatic rings. The standard InChI is InChI=1S/2C20H18F3.C12H9Si.2ClH.Zr/c2*1-19(2,3)14-11-13-7-6-9-15(17(13)12-14)16-8-4-5-10-18(16)20(21,22)23;1-3-7-11-9(5-1)10-6-2-4-8-12(10)13-11;;;/h2*4-12H,1-3H3;1-7H,13H2;2*1H;/q;;;;;+2/p-2. The number of allylic oxidation sites excluding steroid dienone is 2. The summed E-state index contributed by atoms with van der Waals surface area (Å²) < 4.78 is 88.3. The average Bonchev–Trinajstić information content (AvgIpc) is 3.93. The Morgan fingerprint density at radius 2 is 0.839 bits per heavy atom. The van der Waals surface area contributed by atoms with Crippen LogP contribution in [-0.2, 0) is 28.7 Å². The monoisotopic (exact) mass is 971 g/mol. The van der Waals surface area contributed by atoms with Gasteiger partial charge in [-0.05, 0) is 0 Å². The van der Waals surface area contributed by atoms with E-state index in [1.807, 2.05) is 54.6 Å². The second-order valence-corrected chi connectivity index (χ2v) is 41.5. The number of fused-ring (bicyclic) bond motifs is 5. The molecule has 0 saturated heterocycles. The van der Waals surface area contributed by atoms with Gasteiger partial charge in [0.05, 0.1) is 0 Å². The van der Waals surface area contributed by atoms with E-state index in [0.717, 1.165) is 54.0 Å². The fraction of sp³-hybridized carbons (Fsp3) is 0.231. The topological polar surface area (TPSA) is 0 Å². The summed E-state index contributed by atoms with van der Waals surface area (Å²) in [6, 6.07) is 37.0. The van der Waals surface area contributed by atoms with E-state index in [9.17, 15) is 43.4 Å². The van der Waals surface area contributed by atoms with Crippen LogP contribution < -0.4 is 13.6 Å². The molecule has 0 radical (unpaired) electrons. The zero-order valence-electron chi connectivity index (χ0n) is 35.2. The van der Waals surface area contributed by atoms with Gasteiger partial charge >= 0.3 is 372 Å². The second-order valence-electron chi connectivity index (χ2n) is 19.1. The zero-order valence-corrected chi connectivity index (χ0v) is 40.5. The molecular weight excluding hydrogens is 929 g/mol. The van der Waals surface area contributed by atoms with Crippen LogP contribution in [0.25, 0.3) is 45.5 Å². The zero-order chi connectivity index (χ0) is 44.4. The Kier molecular flexibility index (Phi) is 10.2. The predicted octanol–water partition coefficient (Wildman–Crippen LogP) is 14.1. The SMILES string of the molecule is CC(C)(C)C1=Cc2c(-c3ccccc3C(F)(F)F)cccc2[CH]1[Zr]([Cl])([Cl])([c]1cccc2c1[SiH2]c1ccccc1-2)[CH]1C(C(C)(C)C)=Cc2c(-c3ccccc3C(F)(F)F)cccc21. The van der Waals surface area contributed by atoms with Crippen molar-refractivity contribution in [3.05, 3.63) is 172 Å². The Hall–Kier alpha value is -3.94. The summed E-state index contributed by atoms with van der Waals surface area (Å²) in [6.07, 6.45) is -5.13. The van der Waals surface area contributed by atoms with E-state index in [2.05, 4.69) is 65.8 Å². The third kappa shape index (κ3) is 6.72. The van der Waals surface area contributed by atoms with Crippen molar-refractivity contribution in [1.82, 2.24) is 0 Å². The van der Waals surface area contributed by atoms with Crippen LogP contribution in [0.4, 0.5) is 26.3 Å². The first-order valence-electron chi connectivity index (χ1n) is 20.8. The molecule has 1 heterocycles. The van der Waals surface area contributed by atoms with Gasteiger partial charge in [0.1, 0.15) is 0 Å². The van der Waals surface area contributed by atoms with Gasteiger partial charge in [0.2, 0.25) is 0 Å². The Morgan fingerprint density at radius 3 is 1.29 bits per heavy atom. The van der Waals surface area contributed by atoms with Crippen molar-refractivity contribution in [3.8, 4) is 33.4 Å². The summed E-state index contributed by atoms with van der Waals surface area (Å²) in [5, 5.41) is 2.43. The van der Waals surface area contributed by atoms with E-state index >= 15 is 0 Å². The molecule has 10 heteroatoms. The van der Waals surface area contributed by atoms with Gasteiger partial charge in [0.25, 0.3) is 0 Å². The first kappa shape index (κ1) is 43.3. The van der Waals surface area contributed by atoms with Crippen LogP contribution in [0.1, 0.15) is 82.2 Å². The van der Waals surface area contributed by atoms with E-state index < -0.39 is 67.5 Å². The molecule has 2 aliphatic carbocycles. The van der Waals surface area contributed by atoms with Gasteiger partial charge in [-0.2, -0.15) is 0 Å². The number of rotatable bonds is 5. The molecule has 1 aliphatic heterocycles. The molecule has 2 unspecified atom stereocenters. The van der Waals surface area contributed by atoms with E-state index in [1.54, 1.807) is 24.3 Å². The Balaban J connectivity index is 1.41. The maximum atomic E-state index is 14.8. The van der Waals surface area contributed by atoms with Gasteiger partial charge in [-0.15, -0.1) is 0 Å². The van der Waals surface area contributed by atoms with Crippen molar-refractivity contribution in [2.45, 2.75) is 61.1 Å². The molecule has 0 saturated carbocycles. The van der Waals surface area contributed by atoms with E-state index in [1.165, 1.54) is 29.5 Å². The molecule has 0 spiro atoms. The van der Waals surface area contributed by atoms with Crippen LogP contribution in [0, 0.1) is 10.8 Å². The molecule has 6 aromatic carbocycles. The van der Waals surface area contributed by atoms with Crippen molar-refractivity contribution in [2.24, 2.45) is 10.8 Å². The number of hydrogen-bond donors (Lipinski definition) is 0. The van der Waals surface area contributed by atoms with Crippen molar-refractivity contribution in [3.63, 3.8) is 0 Å². The molecule has 0 bridgehead atoms. The van der Waals surface area contributed by atoms with Crippen LogP contribution >= 0.6 is 17.0 Å². The van der Waals surface area contributed by atoms with Crippen molar-refractivity contribution < 1.29 is 42.7 Å². The number of hydrogen-bond acceptors (Lipinski definition) is 0. The van der Waals surface area contributed by atoms with Crippen molar-refractivity contribution >= 4 is 52.3 Å². The Bertz CT molecular complexity index is 2750. The molecule has 0 N–H and O–H groups in total. The quantitative estimate of drug-likeness (QED) is 0.119. The van der Waals surface area contributed by atoms with Gasteiger partial charge < -0.3 is 0 Å². The molecule has 0 aromatic heterocycles. The van der Waals surface area contributed by atoms with Crippen molar-refractivity contribution in [2.75, 3.05) is 0 Å². The normalized spacial score (nSPS) is 18.4. The van der Waals surface area contributed by atoms with Crippen LogP contribution in [-0.4, -0.2) is 9.52 Å². The van der Waals surface area contributed by atoms with Crippen LogP contribution in [0.5, 0.6) is 0 Å². The maximum absolute atomic E-state index is 14.8. The predicted molar refractivity (Wildman–Crippen MR) is 245 cm³/mol. The molecule has 0 amide bonds. The number of halogens is 8. The minimum atomic E-state index is -6.27. The Morgan fingerprint density at radius 1 is 0.452 bits per heavy atom.